The second-order valence-corrected chi connectivity index (χ2v) is 28.9. The molecule has 0 radical (unpaired) electrons. The molecule has 23 nitrogen and oxygen atoms in total. The number of likely N-dealkylation sites (N-methyl/N-ethyl adjacent to an activating group) is 7. The molecule has 2 rings (SSSR count). The van der Waals surface area contributed by atoms with Crippen molar-refractivity contribution in [3.63, 3.8) is 0 Å². The summed E-state index contributed by atoms with van der Waals surface area (Å²) < 4.78 is 1.83. The lowest BCUT2D eigenvalue weighted by Gasteiger charge is -2.41. The van der Waals surface area contributed by atoms with Crippen molar-refractivity contribution in [3.05, 3.63) is 18.2 Å². The van der Waals surface area contributed by atoms with Gasteiger partial charge in [0.1, 0.15) is 42.1 Å². The third kappa shape index (κ3) is 22.0. The fourth-order valence-corrected chi connectivity index (χ4v) is 12.6. The Labute approximate surface area is 550 Å². The molecule has 0 unspecified atom stereocenters. The third-order valence-corrected chi connectivity index (χ3v) is 18.7. The van der Waals surface area contributed by atoms with Gasteiger partial charge in [0.25, 0.3) is 0 Å². The number of carbonyl (C=O) groups is 11. The standard InChI is InChI=1S/C69H120N10O13/c1-25-49-37-57(83)60(61(84)45(14)36-58-70-27-29-79(58)28-26-30-80)78(24)69(92)59(44(12)13)77(23)68(91)54(34-42(8)9)76(22)67(90)53(33-41(6)7)75(21)63(86)47(16)71-62(85)46(15)35-55(81)51(31-39(2)3)74(20)66(89)50(43(10)11)38-56(82)52(32-40(4)5)73(19)64(87)48(17)72(18)65(49)88/h27,29,39-54,59-61,80,84H,25-26,28,30-38H2,1-24H3,(H,71,85)/t45-,46+,47+,48-,49+,50-,51-,52+,53-,54-,59-,60+,61-/m1/s1. The van der Waals surface area contributed by atoms with E-state index in [0.29, 0.717) is 18.8 Å². The van der Waals surface area contributed by atoms with Gasteiger partial charge in [0.05, 0.1) is 18.2 Å². The minimum Gasteiger partial charge on any atom is -0.396 e. The lowest BCUT2D eigenvalue weighted by molar-refractivity contribution is -0.157. The second kappa shape index (κ2) is 37.1. The summed E-state index contributed by atoms with van der Waals surface area (Å²) in [6.45, 7) is 30.5. The van der Waals surface area contributed by atoms with Gasteiger partial charge in [0.15, 0.2) is 17.3 Å². The molecule has 524 valence electrons. The van der Waals surface area contributed by atoms with Crippen molar-refractivity contribution in [1.29, 1.82) is 0 Å². The van der Waals surface area contributed by atoms with Crippen LogP contribution in [0.3, 0.4) is 0 Å². The zero-order valence-corrected chi connectivity index (χ0v) is 60.5. The molecule has 13 atom stereocenters. The zero-order chi connectivity index (χ0) is 70.8. The Morgan fingerprint density at radius 2 is 0.957 bits per heavy atom. The van der Waals surface area contributed by atoms with E-state index in [4.69, 9.17) is 0 Å². The number of Topliss-reactive ketones (excluding diaryl/α,β-unsaturated/α-hetero) is 3. The molecular weight excluding hydrogens is 1180 g/mol. The molecule has 0 aliphatic carbocycles. The molecule has 1 aromatic heterocycles. The van der Waals surface area contributed by atoms with Crippen LogP contribution in [0, 0.1) is 59.2 Å². The number of ketones is 3. The number of hydrogen-bond acceptors (Lipinski definition) is 14. The molecule has 1 saturated heterocycles. The molecule has 0 spiro atoms. The number of carbonyl (C=O) groups excluding carboxylic acids is 11. The van der Waals surface area contributed by atoms with Crippen molar-refractivity contribution in [1.82, 2.24) is 49.2 Å². The van der Waals surface area contributed by atoms with Crippen LogP contribution < -0.4 is 5.32 Å². The summed E-state index contributed by atoms with van der Waals surface area (Å²) in [4.78, 5) is 177. The molecule has 0 aromatic carbocycles. The van der Waals surface area contributed by atoms with Crippen LogP contribution >= 0.6 is 0 Å². The van der Waals surface area contributed by atoms with E-state index >= 15 is 19.2 Å². The highest BCUT2D eigenvalue weighted by molar-refractivity contribution is 6.00. The van der Waals surface area contributed by atoms with Gasteiger partial charge in [-0.05, 0) is 93.8 Å². The normalized spacial score (nSPS) is 26.8. The highest BCUT2D eigenvalue weighted by Gasteiger charge is 2.46. The monoisotopic (exact) mass is 1300 g/mol. The molecule has 0 saturated carbocycles. The molecular formula is C69H120N10O13. The highest BCUT2D eigenvalue weighted by atomic mass is 16.3. The second-order valence-electron chi connectivity index (χ2n) is 28.9. The SMILES string of the molecule is CC[C@H]1CC(=O)[C@@H]([C@H](O)[C@H](C)Cc2nccn2CCCO)N(C)C(=O)[C@@H](C(C)C)N(C)C(=O)[C@@H](CC(C)C)N(C)C(=O)[C@@H](CC(C)C)N(C)C(=O)[C@H](C)NC(=O)[C@@H](C)CC(=O)[C@@H](CC(C)C)N(C)C(=O)[C@@H](C(C)C)CC(=O)[C@H](CC(C)C)N(C)C(=O)[C@@H](C)N(C)C1=O. The van der Waals surface area contributed by atoms with E-state index in [-0.39, 0.29) is 81.6 Å². The highest BCUT2D eigenvalue weighted by Crippen LogP contribution is 2.30. The molecule has 1 aliphatic heterocycles. The number of aryl methyl sites for hydroxylation is 1. The molecule has 2 heterocycles. The fraction of sp³-hybridized carbons (Fsp3) is 0.797. The van der Waals surface area contributed by atoms with Crippen LogP contribution in [0.1, 0.15) is 181 Å². The fourth-order valence-electron chi connectivity index (χ4n) is 12.6. The van der Waals surface area contributed by atoms with E-state index in [1.54, 1.807) is 60.9 Å². The predicted octanol–water partition coefficient (Wildman–Crippen LogP) is 5.78. The Morgan fingerprint density at radius 1 is 0.511 bits per heavy atom. The lowest BCUT2D eigenvalue weighted by Crippen LogP contribution is -2.62. The molecule has 1 fully saturated rings. The summed E-state index contributed by atoms with van der Waals surface area (Å²) in [5.74, 6) is -10.9. The van der Waals surface area contributed by atoms with E-state index in [2.05, 4.69) is 10.3 Å². The minimum atomic E-state index is -1.60. The number of aromatic nitrogens is 2. The average Bonchev–Trinajstić information content (AvgIpc) is 0.849. The van der Waals surface area contributed by atoms with Gasteiger partial charge in [0, 0.05) is 118 Å². The number of hydrogen-bond donors (Lipinski definition) is 3. The van der Waals surface area contributed by atoms with Gasteiger partial charge in [-0.25, -0.2) is 4.98 Å². The first-order chi connectivity index (χ1) is 42.6. The number of aliphatic hydroxyl groups is 2. The van der Waals surface area contributed by atoms with Gasteiger partial charge in [-0.3, -0.25) is 52.7 Å². The van der Waals surface area contributed by atoms with Crippen molar-refractivity contribution in [3.8, 4) is 0 Å². The van der Waals surface area contributed by atoms with Crippen LogP contribution in [0.4, 0.5) is 0 Å². The van der Waals surface area contributed by atoms with Gasteiger partial charge in [-0.1, -0.05) is 104 Å². The van der Waals surface area contributed by atoms with Crippen LogP contribution in [-0.4, -0.2) is 229 Å². The first kappa shape index (κ1) is 82.0. The van der Waals surface area contributed by atoms with Crippen molar-refractivity contribution in [2.24, 2.45) is 59.2 Å². The Morgan fingerprint density at radius 3 is 1.42 bits per heavy atom. The van der Waals surface area contributed by atoms with E-state index < -0.39 is 161 Å². The van der Waals surface area contributed by atoms with Crippen LogP contribution in [0.15, 0.2) is 12.4 Å². The minimum absolute atomic E-state index is 0.0742. The molecule has 8 amide bonds. The first-order valence-electron chi connectivity index (χ1n) is 33.6. The van der Waals surface area contributed by atoms with Crippen LogP contribution in [0.5, 0.6) is 0 Å². The first-order valence-corrected chi connectivity index (χ1v) is 33.6. The molecule has 92 heavy (non-hydrogen) atoms. The number of nitrogens with zero attached hydrogens (tertiary/aromatic N) is 9. The number of amides is 8. The van der Waals surface area contributed by atoms with Gasteiger partial charge >= 0.3 is 0 Å². The van der Waals surface area contributed by atoms with Crippen molar-refractivity contribution in [2.45, 2.75) is 243 Å². The molecule has 1 aliphatic rings. The topological polar surface area (TPSA) is 281 Å². The maximum atomic E-state index is 15.5. The van der Waals surface area contributed by atoms with E-state index in [0.717, 1.165) is 4.90 Å². The van der Waals surface area contributed by atoms with E-state index in [1.165, 1.54) is 92.6 Å². The quantitative estimate of drug-likeness (QED) is 0.157. The Hall–Kier alpha value is -6.10. The van der Waals surface area contributed by atoms with Gasteiger partial charge in [-0.2, -0.15) is 0 Å². The van der Waals surface area contributed by atoms with Crippen LogP contribution in [0.25, 0.3) is 0 Å². The summed E-state index contributed by atoms with van der Waals surface area (Å²) in [5.41, 5.74) is 0. The number of nitrogens with one attached hydrogen (secondary N) is 1. The maximum Gasteiger partial charge on any atom is 0.246 e. The largest absolute Gasteiger partial charge is 0.396 e. The van der Waals surface area contributed by atoms with Gasteiger partial charge < -0.3 is 54.4 Å². The Bertz CT molecular complexity index is 2660. The predicted molar refractivity (Wildman–Crippen MR) is 355 cm³/mol. The molecule has 3 N–H and O–H groups in total. The van der Waals surface area contributed by atoms with Crippen molar-refractivity contribution >= 4 is 64.6 Å². The average molecular weight is 1300 g/mol. The van der Waals surface area contributed by atoms with Gasteiger partial charge in [-0.15, -0.1) is 0 Å². The summed E-state index contributed by atoms with van der Waals surface area (Å²) >= 11 is 0. The molecule has 0 bridgehead atoms. The maximum absolute atomic E-state index is 15.5. The van der Waals surface area contributed by atoms with E-state index in [9.17, 15) is 43.8 Å². The van der Waals surface area contributed by atoms with Crippen LogP contribution in [0.2, 0.25) is 0 Å². The Kier molecular flexibility index (Phi) is 33.1. The summed E-state index contributed by atoms with van der Waals surface area (Å²) in [6, 6.07) is -9.56. The molecule has 23 heteroatoms. The van der Waals surface area contributed by atoms with Crippen molar-refractivity contribution < 1.29 is 63.0 Å². The summed E-state index contributed by atoms with van der Waals surface area (Å²) in [7, 11) is 10.2. The van der Waals surface area contributed by atoms with E-state index in [1.807, 2.05) is 60.0 Å². The number of imidazole rings is 1. The zero-order valence-electron chi connectivity index (χ0n) is 60.5. The number of aliphatic hydroxyl groups excluding tert-OH is 2. The summed E-state index contributed by atoms with van der Waals surface area (Å²) in [5, 5.41) is 24.9. The Balaban J connectivity index is 3.05. The smallest absolute Gasteiger partial charge is 0.246 e. The van der Waals surface area contributed by atoms with Crippen LogP contribution in [-0.2, 0) is 65.7 Å². The molecule has 1 aromatic rings. The van der Waals surface area contributed by atoms with Crippen molar-refractivity contribution in [2.75, 3.05) is 55.9 Å². The summed E-state index contributed by atoms with van der Waals surface area (Å²) in [6.07, 6.45) is 2.14. The third-order valence-electron chi connectivity index (χ3n) is 18.7. The number of rotatable bonds is 18. The lowest BCUT2D eigenvalue weighted by atomic mass is 9.84. The van der Waals surface area contributed by atoms with Gasteiger partial charge in [0.2, 0.25) is 47.3 Å².